The third-order valence-electron chi connectivity index (χ3n) is 2.51. The molecule has 0 atom stereocenters. The first-order valence-corrected chi connectivity index (χ1v) is 7.08. The lowest BCUT2D eigenvalue weighted by atomic mass is 10.3. The normalized spacial score (nSPS) is 10.5. The van der Waals surface area contributed by atoms with Crippen LogP contribution in [0.1, 0.15) is 24.3 Å². The Labute approximate surface area is 132 Å². The van der Waals surface area contributed by atoms with Gasteiger partial charge in [-0.05, 0) is 32.0 Å². The van der Waals surface area contributed by atoms with Crippen molar-refractivity contribution in [1.82, 2.24) is 15.3 Å². The first-order chi connectivity index (χ1) is 9.97. The third-order valence-corrected chi connectivity index (χ3v) is 3.14. The molecule has 0 unspecified atom stereocenters. The van der Waals surface area contributed by atoms with Crippen LogP contribution in [0.15, 0.2) is 30.5 Å². The molecule has 0 aliphatic rings. The number of hydrogen-bond donors (Lipinski definition) is 2. The summed E-state index contributed by atoms with van der Waals surface area (Å²) in [5, 5.41) is 6.58. The number of amides is 1. The first-order valence-electron chi connectivity index (χ1n) is 6.32. The minimum absolute atomic E-state index is 0.0295. The minimum Gasteiger partial charge on any atom is -0.349 e. The van der Waals surface area contributed by atoms with Crippen LogP contribution < -0.4 is 10.6 Å². The first kappa shape index (κ1) is 15.5. The van der Waals surface area contributed by atoms with Crippen molar-refractivity contribution in [2.75, 3.05) is 5.32 Å². The summed E-state index contributed by atoms with van der Waals surface area (Å²) in [4.78, 5) is 20.1. The fourth-order valence-corrected chi connectivity index (χ4v) is 2.10. The number of hydrogen-bond acceptors (Lipinski definition) is 4. The average Bonchev–Trinajstić information content (AvgIpc) is 2.43. The highest BCUT2D eigenvalue weighted by atomic mass is 35.5. The van der Waals surface area contributed by atoms with Gasteiger partial charge in [0.2, 0.25) is 5.95 Å². The van der Waals surface area contributed by atoms with Crippen molar-refractivity contribution in [3.05, 3.63) is 46.2 Å². The van der Waals surface area contributed by atoms with E-state index < -0.39 is 0 Å². The summed E-state index contributed by atoms with van der Waals surface area (Å²) in [5.41, 5.74) is 0.770. The molecule has 2 N–H and O–H groups in total. The molecule has 1 aromatic heterocycles. The number of benzene rings is 1. The Kier molecular flexibility index (Phi) is 4.98. The van der Waals surface area contributed by atoms with Crippen LogP contribution in [-0.2, 0) is 0 Å². The summed E-state index contributed by atoms with van der Waals surface area (Å²) >= 11 is 12.1. The van der Waals surface area contributed by atoms with Crippen molar-refractivity contribution in [2.45, 2.75) is 19.9 Å². The molecule has 1 heterocycles. The molecule has 0 saturated carbocycles. The van der Waals surface area contributed by atoms with E-state index in [2.05, 4.69) is 20.6 Å². The Bertz CT molecular complexity index is 641. The van der Waals surface area contributed by atoms with Crippen LogP contribution in [0.4, 0.5) is 11.6 Å². The molecule has 0 aliphatic carbocycles. The van der Waals surface area contributed by atoms with Crippen LogP contribution in [0.2, 0.25) is 10.0 Å². The molecule has 0 spiro atoms. The van der Waals surface area contributed by atoms with Crippen molar-refractivity contribution >= 4 is 40.7 Å². The summed E-state index contributed by atoms with van der Waals surface area (Å²) in [5.74, 6) is -0.0119. The minimum atomic E-state index is -0.263. The molecule has 1 amide bonds. The predicted octanol–water partition coefficient (Wildman–Crippen LogP) is 3.67. The molecule has 21 heavy (non-hydrogen) atoms. The SMILES string of the molecule is CC(C)NC(=O)c1ccnc(Nc2c(Cl)cccc2Cl)n1. The van der Waals surface area contributed by atoms with E-state index in [0.29, 0.717) is 15.7 Å². The molecule has 5 nitrogen and oxygen atoms in total. The number of nitrogens with one attached hydrogen (secondary N) is 2. The number of halogens is 2. The molecule has 0 radical (unpaired) electrons. The zero-order valence-electron chi connectivity index (χ0n) is 11.5. The second kappa shape index (κ2) is 6.74. The topological polar surface area (TPSA) is 66.9 Å². The zero-order valence-corrected chi connectivity index (χ0v) is 13.0. The average molecular weight is 325 g/mol. The fraction of sp³-hybridized carbons (Fsp3) is 0.214. The Morgan fingerprint density at radius 2 is 1.86 bits per heavy atom. The lowest BCUT2D eigenvalue weighted by Crippen LogP contribution is -2.30. The van der Waals surface area contributed by atoms with Crippen molar-refractivity contribution in [3.63, 3.8) is 0 Å². The molecule has 0 fully saturated rings. The van der Waals surface area contributed by atoms with Gasteiger partial charge in [0.05, 0.1) is 15.7 Å². The second-order valence-corrected chi connectivity index (χ2v) is 5.43. The lowest BCUT2D eigenvalue weighted by Gasteiger charge is -2.10. The molecular formula is C14H14Cl2N4O. The van der Waals surface area contributed by atoms with E-state index in [-0.39, 0.29) is 23.6 Å². The maximum atomic E-state index is 11.9. The molecular weight excluding hydrogens is 311 g/mol. The van der Waals surface area contributed by atoms with Gasteiger partial charge >= 0.3 is 0 Å². The van der Waals surface area contributed by atoms with Gasteiger partial charge in [0.25, 0.3) is 5.91 Å². The van der Waals surface area contributed by atoms with E-state index in [9.17, 15) is 4.79 Å². The van der Waals surface area contributed by atoms with E-state index >= 15 is 0 Å². The van der Waals surface area contributed by atoms with Gasteiger partial charge in [-0.3, -0.25) is 4.79 Å². The predicted molar refractivity (Wildman–Crippen MR) is 84.4 cm³/mol. The van der Waals surface area contributed by atoms with E-state index in [4.69, 9.17) is 23.2 Å². The van der Waals surface area contributed by atoms with Crippen LogP contribution in [0.3, 0.4) is 0 Å². The quantitative estimate of drug-likeness (QED) is 0.900. The summed E-state index contributed by atoms with van der Waals surface area (Å²) in [6.45, 7) is 3.75. The van der Waals surface area contributed by atoms with Crippen LogP contribution >= 0.6 is 23.2 Å². The summed E-state index contributed by atoms with van der Waals surface area (Å²) in [6.07, 6.45) is 1.50. The van der Waals surface area contributed by atoms with Crippen LogP contribution in [0.5, 0.6) is 0 Å². The van der Waals surface area contributed by atoms with Crippen LogP contribution in [0.25, 0.3) is 0 Å². The Morgan fingerprint density at radius 3 is 2.48 bits per heavy atom. The molecule has 110 valence electrons. The van der Waals surface area contributed by atoms with E-state index in [1.165, 1.54) is 12.3 Å². The van der Waals surface area contributed by atoms with Crippen molar-refractivity contribution in [1.29, 1.82) is 0 Å². The van der Waals surface area contributed by atoms with Gasteiger partial charge in [0.15, 0.2) is 0 Å². The molecule has 0 saturated heterocycles. The highest BCUT2D eigenvalue weighted by Crippen LogP contribution is 2.31. The standard InChI is InChI=1S/C14H14Cl2N4O/c1-8(2)18-13(21)11-6-7-17-14(19-11)20-12-9(15)4-3-5-10(12)16/h3-8H,1-2H3,(H,18,21)(H,17,19,20). The molecule has 0 aliphatic heterocycles. The number of para-hydroxylation sites is 1. The Morgan fingerprint density at radius 1 is 1.19 bits per heavy atom. The van der Waals surface area contributed by atoms with Gasteiger partial charge in [0, 0.05) is 12.2 Å². The smallest absolute Gasteiger partial charge is 0.270 e. The van der Waals surface area contributed by atoms with Crippen molar-refractivity contribution in [2.24, 2.45) is 0 Å². The zero-order chi connectivity index (χ0) is 15.4. The van der Waals surface area contributed by atoms with Crippen molar-refractivity contribution < 1.29 is 4.79 Å². The van der Waals surface area contributed by atoms with Gasteiger partial charge in [-0.15, -0.1) is 0 Å². The molecule has 1 aromatic carbocycles. The van der Waals surface area contributed by atoms with Crippen LogP contribution in [0, 0.1) is 0 Å². The summed E-state index contributed by atoms with van der Waals surface area (Å²) in [7, 11) is 0. The number of nitrogens with zero attached hydrogens (tertiary/aromatic N) is 2. The number of anilines is 2. The number of rotatable bonds is 4. The maximum absolute atomic E-state index is 11.9. The van der Waals surface area contributed by atoms with E-state index in [0.717, 1.165) is 0 Å². The van der Waals surface area contributed by atoms with Gasteiger partial charge in [0.1, 0.15) is 5.69 Å². The summed E-state index contributed by atoms with van der Waals surface area (Å²) in [6, 6.07) is 6.71. The van der Waals surface area contributed by atoms with E-state index in [1.807, 2.05) is 13.8 Å². The second-order valence-electron chi connectivity index (χ2n) is 4.62. The third kappa shape index (κ3) is 4.06. The van der Waals surface area contributed by atoms with E-state index in [1.54, 1.807) is 18.2 Å². The number of carbonyl (C=O) groups excluding carboxylic acids is 1. The molecule has 2 aromatic rings. The number of aromatic nitrogens is 2. The maximum Gasteiger partial charge on any atom is 0.270 e. The van der Waals surface area contributed by atoms with Crippen molar-refractivity contribution in [3.8, 4) is 0 Å². The monoisotopic (exact) mass is 324 g/mol. The molecule has 0 bridgehead atoms. The van der Waals surface area contributed by atoms with Crippen LogP contribution in [-0.4, -0.2) is 21.9 Å². The van der Waals surface area contributed by atoms with Gasteiger partial charge in [-0.1, -0.05) is 29.3 Å². The molecule has 7 heteroatoms. The summed E-state index contributed by atoms with van der Waals surface area (Å²) < 4.78 is 0. The highest BCUT2D eigenvalue weighted by Gasteiger charge is 2.11. The Balaban J connectivity index is 2.24. The Hall–Kier alpha value is -1.85. The highest BCUT2D eigenvalue weighted by molar-refractivity contribution is 6.39. The molecule has 2 rings (SSSR count). The van der Waals surface area contributed by atoms with Gasteiger partial charge < -0.3 is 10.6 Å². The largest absolute Gasteiger partial charge is 0.349 e. The van der Waals surface area contributed by atoms with Gasteiger partial charge in [-0.25, -0.2) is 9.97 Å². The number of carbonyl (C=O) groups is 1. The fourth-order valence-electron chi connectivity index (χ4n) is 1.61. The lowest BCUT2D eigenvalue weighted by molar-refractivity contribution is 0.0938. The van der Waals surface area contributed by atoms with Gasteiger partial charge in [-0.2, -0.15) is 0 Å².